The van der Waals surface area contributed by atoms with Gasteiger partial charge in [-0.3, -0.25) is 0 Å². The maximum absolute atomic E-state index is 5.22. The van der Waals surface area contributed by atoms with Crippen LogP contribution in [0.4, 0.5) is 0 Å². The number of fused-ring (bicyclic) bond motifs is 2. The van der Waals surface area contributed by atoms with E-state index in [2.05, 4.69) is 115 Å². The number of thiophene rings is 1. The molecule has 2 aromatic heterocycles. The minimum atomic E-state index is 0.0431. The SMILES string of the molecule is Cc1cc(CC(C)C)cc(C)c1-c1cc(-c2cc(C(C)(C)C)c3ccccc3c2)nc2scc(C)c12. The third-order valence-corrected chi connectivity index (χ3v) is 8.19. The number of pyridine rings is 1. The van der Waals surface area contributed by atoms with E-state index < -0.39 is 0 Å². The number of hydrogen-bond donors (Lipinski definition) is 0. The Morgan fingerprint density at radius 2 is 1.56 bits per heavy atom. The standard InChI is InChI=1S/C34H37NS/c1-20(2)13-24-14-21(3)31(22(4)15-24)28-18-30(35-33-32(28)23(5)19-36-33)26-16-25-11-9-10-12-27(25)29(17-26)34(6,7)8/h9-12,14-20H,13H2,1-8H3. The minimum Gasteiger partial charge on any atom is -0.237 e. The van der Waals surface area contributed by atoms with E-state index in [4.69, 9.17) is 4.98 Å². The first-order valence-electron chi connectivity index (χ1n) is 13.1. The molecule has 0 fully saturated rings. The Hall–Kier alpha value is -2.97. The molecule has 0 saturated heterocycles. The normalized spacial score (nSPS) is 12.2. The van der Waals surface area contributed by atoms with Crippen molar-refractivity contribution in [2.75, 3.05) is 0 Å². The van der Waals surface area contributed by atoms with Crippen molar-refractivity contribution in [1.82, 2.24) is 4.98 Å². The second-order valence-corrected chi connectivity index (χ2v) is 12.7. The zero-order chi connectivity index (χ0) is 25.8. The van der Waals surface area contributed by atoms with Crippen molar-refractivity contribution in [2.45, 2.75) is 67.2 Å². The molecule has 0 aliphatic carbocycles. The van der Waals surface area contributed by atoms with Crippen molar-refractivity contribution >= 4 is 32.3 Å². The first-order chi connectivity index (χ1) is 17.0. The number of rotatable bonds is 4. The van der Waals surface area contributed by atoms with Gasteiger partial charge in [-0.05, 0) is 112 Å². The Kier molecular flexibility index (Phi) is 6.29. The Bertz CT molecular complexity index is 1570. The van der Waals surface area contributed by atoms with E-state index in [1.807, 2.05) is 0 Å². The van der Waals surface area contributed by atoms with Crippen LogP contribution in [-0.4, -0.2) is 4.98 Å². The maximum atomic E-state index is 5.22. The van der Waals surface area contributed by atoms with Crippen molar-refractivity contribution in [1.29, 1.82) is 0 Å². The molecule has 0 spiro atoms. The smallest absolute Gasteiger partial charge is 0.124 e. The van der Waals surface area contributed by atoms with E-state index in [1.165, 1.54) is 60.7 Å². The van der Waals surface area contributed by atoms with E-state index >= 15 is 0 Å². The monoisotopic (exact) mass is 491 g/mol. The number of aromatic nitrogens is 1. The summed E-state index contributed by atoms with van der Waals surface area (Å²) in [6.45, 7) is 18.2. The van der Waals surface area contributed by atoms with Gasteiger partial charge >= 0.3 is 0 Å². The van der Waals surface area contributed by atoms with Crippen LogP contribution in [0.2, 0.25) is 0 Å². The molecule has 0 radical (unpaired) electrons. The second kappa shape index (κ2) is 9.16. The summed E-state index contributed by atoms with van der Waals surface area (Å²) in [6, 6.07) is 20.6. The zero-order valence-corrected chi connectivity index (χ0v) is 23.7. The molecule has 0 unspecified atom stereocenters. The third-order valence-electron chi connectivity index (χ3n) is 7.20. The van der Waals surface area contributed by atoms with Gasteiger partial charge < -0.3 is 0 Å². The molecule has 0 aliphatic rings. The van der Waals surface area contributed by atoms with Crippen molar-refractivity contribution in [3.05, 3.63) is 87.8 Å². The molecule has 0 bridgehead atoms. The topological polar surface area (TPSA) is 12.9 Å². The fourth-order valence-electron chi connectivity index (χ4n) is 5.68. The van der Waals surface area contributed by atoms with Crippen LogP contribution in [0.15, 0.2) is 60.0 Å². The lowest BCUT2D eigenvalue weighted by atomic mass is 9.82. The third kappa shape index (κ3) is 4.48. The lowest BCUT2D eigenvalue weighted by Gasteiger charge is -2.23. The van der Waals surface area contributed by atoms with E-state index in [1.54, 1.807) is 11.3 Å². The zero-order valence-electron chi connectivity index (χ0n) is 22.9. The van der Waals surface area contributed by atoms with E-state index in [-0.39, 0.29) is 5.41 Å². The van der Waals surface area contributed by atoms with Crippen LogP contribution in [0.1, 0.15) is 62.4 Å². The van der Waals surface area contributed by atoms with Crippen molar-refractivity contribution in [3.8, 4) is 22.4 Å². The molecule has 2 heteroatoms. The van der Waals surface area contributed by atoms with E-state index in [0.717, 1.165) is 16.9 Å². The van der Waals surface area contributed by atoms with Gasteiger partial charge in [-0.25, -0.2) is 4.98 Å². The molecule has 3 aromatic carbocycles. The highest BCUT2D eigenvalue weighted by Gasteiger charge is 2.21. The molecule has 0 saturated carbocycles. The molecule has 184 valence electrons. The summed E-state index contributed by atoms with van der Waals surface area (Å²) in [5.41, 5.74) is 11.8. The lowest BCUT2D eigenvalue weighted by molar-refractivity contribution is 0.596. The largest absolute Gasteiger partial charge is 0.237 e. The van der Waals surface area contributed by atoms with E-state index in [0.29, 0.717) is 5.92 Å². The van der Waals surface area contributed by atoms with Gasteiger partial charge in [-0.15, -0.1) is 11.3 Å². The molecular formula is C34H37NS. The molecule has 5 aromatic rings. The van der Waals surface area contributed by atoms with Crippen LogP contribution in [0.25, 0.3) is 43.4 Å². The van der Waals surface area contributed by atoms with Gasteiger partial charge in [0, 0.05) is 10.9 Å². The highest BCUT2D eigenvalue weighted by atomic mass is 32.1. The van der Waals surface area contributed by atoms with Gasteiger partial charge in [0.1, 0.15) is 4.83 Å². The quantitative estimate of drug-likeness (QED) is 0.244. The molecule has 0 atom stereocenters. The minimum absolute atomic E-state index is 0.0431. The number of benzene rings is 3. The Balaban J connectivity index is 1.78. The molecule has 0 aliphatic heterocycles. The average molecular weight is 492 g/mol. The summed E-state index contributed by atoms with van der Waals surface area (Å²) in [7, 11) is 0. The summed E-state index contributed by atoms with van der Waals surface area (Å²) in [4.78, 5) is 6.34. The van der Waals surface area contributed by atoms with Crippen LogP contribution in [0, 0.1) is 26.7 Å². The maximum Gasteiger partial charge on any atom is 0.124 e. The summed E-state index contributed by atoms with van der Waals surface area (Å²) in [5, 5.41) is 6.15. The van der Waals surface area contributed by atoms with E-state index in [9.17, 15) is 0 Å². The molecule has 1 nitrogen and oxygen atoms in total. The highest BCUT2D eigenvalue weighted by Crippen LogP contribution is 2.41. The van der Waals surface area contributed by atoms with Crippen molar-refractivity contribution in [3.63, 3.8) is 0 Å². The molecule has 2 heterocycles. The summed E-state index contributed by atoms with van der Waals surface area (Å²) >= 11 is 1.76. The first kappa shape index (κ1) is 24.7. The summed E-state index contributed by atoms with van der Waals surface area (Å²) in [5.74, 6) is 0.651. The summed E-state index contributed by atoms with van der Waals surface area (Å²) in [6.07, 6.45) is 1.11. The molecule has 36 heavy (non-hydrogen) atoms. The second-order valence-electron chi connectivity index (χ2n) is 11.9. The van der Waals surface area contributed by atoms with Gasteiger partial charge in [0.15, 0.2) is 0 Å². The van der Waals surface area contributed by atoms with Gasteiger partial charge in [0.25, 0.3) is 0 Å². The van der Waals surface area contributed by atoms with Crippen molar-refractivity contribution < 1.29 is 0 Å². The molecule has 0 N–H and O–H groups in total. The number of hydrogen-bond acceptors (Lipinski definition) is 2. The molecule has 0 amide bonds. The Morgan fingerprint density at radius 1 is 0.861 bits per heavy atom. The summed E-state index contributed by atoms with van der Waals surface area (Å²) < 4.78 is 0. The predicted octanol–water partition coefficient (Wildman–Crippen LogP) is 10.2. The number of nitrogens with zero attached hydrogens (tertiary/aromatic N) is 1. The fourth-order valence-corrected chi connectivity index (χ4v) is 6.63. The highest BCUT2D eigenvalue weighted by molar-refractivity contribution is 7.17. The lowest BCUT2D eigenvalue weighted by Crippen LogP contribution is -2.12. The van der Waals surface area contributed by atoms with Crippen LogP contribution >= 0.6 is 11.3 Å². The van der Waals surface area contributed by atoms with Gasteiger partial charge in [-0.2, -0.15) is 0 Å². The predicted molar refractivity (Wildman–Crippen MR) is 159 cm³/mol. The van der Waals surface area contributed by atoms with Gasteiger partial charge in [0.05, 0.1) is 5.69 Å². The first-order valence-corrected chi connectivity index (χ1v) is 13.9. The molecule has 5 rings (SSSR count). The van der Waals surface area contributed by atoms with Crippen LogP contribution in [0.3, 0.4) is 0 Å². The van der Waals surface area contributed by atoms with Crippen LogP contribution < -0.4 is 0 Å². The Morgan fingerprint density at radius 3 is 2.22 bits per heavy atom. The van der Waals surface area contributed by atoms with Crippen LogP contribution in [-0.2, 0) is 11.8 Å². The van der Waals surface area contributed by atoms with Crippen LogP contribution in [0.5, 0.6) is 0 Å². The van der Waals surface area contributed by atoms with Gasteiger partial charge in [0.2, 0.25) is 0 Å². The average Bonchev–Trinajstić information content (AvgIpc) is 3.17. The molecular weight excluding hydrogens is 454 g/mol. The van der Waals surface area contributed by atoms with Crippen molar-refractivity contribution in [2.24, 2.45) is 5.92 Å². The van der Waals surface area contributed by atoms with Gasteiger partial charge in [-0.1, -0.05) is 71.0 Å². The Labute approximate surface area is 220 Å². The fraction of sp³-hybridized carbons (Fsp3) is 0.324. The number of aryl methyl sites for hydroxylation is 3.